The Bertz CT molecular complexity index is 2090. The summed E-state index contributed by atoms with van der Waals surface area (Å²) in [5, 5.41) is 3.41. The summed E-state index contributed by atoms with van der Waals surface area (Å²) >= 11 is 0. The minimum absolute atomic E-state index is 0.313. The van der Waals surface area contributed by atoms with E-state index in [0.29, 0.717) is 5.92 Å². The van der Waals surface area contributed by atoms with E-state index in [0.717, 1.165) is 64.3 Å². The number of hydrogen-bond donors (Lipinski definition) is 1. The molecule has 0 heterocycles. The highest BCUT2D eigenvalue weighted by Crippen LogP contribution is 2.29. The Balaban J connectivity index is 1.94. The number of nitrogens with zero attached hydrogens (tertiary/aromatic N) is 1. The number of nitrogens with one attached hydrogen (secondary N) is 1. The summed E-state index contributed by atoms with van der Waals surface area (Å²) in [5.41, 5.74) is 12.3. The van der Waals surface area contributed by atoms with Gasteiger partial charge in [0.2, 0.25) is 0 Å². The molecular formula is C56H64N2. The summed E-state index contributed by atoms with van der Waals surface area (Å²) in [6.45, 7) is 24.7. The van der Waals surface area contributed by atoms with Crippen LogP contribution in [0.1, 0.15) is 83.1 Å². The third-order valence-corrected chi connectivity index (χ3v) is 9.37. The lowest BCUT2D eigenvalue weighted by Gasteiger charge is -2.27. The molecule has 3 rings (SSSR count). The summed E-state index contributed by atoms with van der Waals surface area (Å²) in [7, 11) is 0. The third kappa shape index (κ3) is 14.9. The second-order valence-corrected chi connectivity index (χ2v) is 13.6. The van der Waals surface area contributed by atoms with Crippen LogP contribution in [0.15, 0.2) is 219 Å². The van der Waals surface area contributed by atoms with E-state index < -0.39 is 0 Å². The topological polar surface area (TPSA) is 15.3 Å². The lowest BCUT2D eigenvalue weighted by atomic mass is 9.99. The summed E-state index contributed by atoms with van der Waals surface area (Å²) in [6.07, 6.45) is 44.8. The van der Waals surface area contributed by atoms with Gasteiger partial charge in [-0.15, -0.1) is 6.58 Å². The van der Waals surface area contributed by atoms with Crippen LogP contribution >= 0.6 is 0 Å². The smallest absolute Gasteiger partial charge is 0.0462 e. The van der Waals surface area contributed by atoms with Crippen molar-refractivity contribution in [3.8, 4) is 0 Å². The standard InChI is InChI=1S/C56H64N2/c1-10-18-25-45(9)49-38-42-56(43-39-49)58(54(23-13-4)28-19-11-2)55(24-14-5)29-20-26-47-31-34-52(35-32-47)50(33-30-46(15-6)16-7)27-21-44-57-53-40-36-51(37-41-53)48(17-8)22-12-3/h10,13-15,17-44,46,57H,4,6,8,11-12,16H2,1-3,5,7,9H3/b18-10-,24-14-,26-20+,28-19-,33-30-,44-21+,45-25+,48-22+,50-27+,54-23+,55-29+. The molecule has 298 valence electrons. The monoisotopic (exact) mass is 765 g/mol. The van der Waals surface area contributed by atoms with Crippen LogP contribution in [-0.4, -0.2) is 0 Å². The summed E-state index contributed by atoms with van der Waals surface area (Å²) in [5.74, 6) is 0.313. The Labute approximate surface area is 351 Å². The zero-order valence-corrected chi connectivity index (χ0v) is 35.7. The van der Waals surface area contributed by atoms with Gasteiger partial charge in [0.1, 0.15) is 0 Å². The van der Waals surface area contributed by atoms with Gasteiger partial charge in [-0.3, -0.25) is 0 Å². The van der Waals surface area contributed by atoms with Crippen LogP contribution in [0.3, 0.4) is 0 Å². The van der Waals surface area contributed by atoms with Crippen molar-refractivity contribution in [2.24, 2.45) is 5.92 Å². The number of rotatable bonds is 22. The summed E-state index contributed by atoms with van der Waals surface area (Å²) in [6, 6.07) is 25.9. The molecule has 0 aromatic heterocycles. The molecule has 0 bridgehead atoms. The molecule has 3 aromatic rings. The van der Waals surface area contributed by atoms with Gasteiger partial charge < -0.3 is 10.2 Å². The molecule has 0 aliphatic rings. The van der Waals surface area contributed by atoms with E-state index in [1.807, 2.05) is 37.4 Å². The van der Waals surface area contributed by atoms with E-state index in [1.54, 1.807) is 0 Å². The number of benzene rings is 3. The first-order chi connectivity index (χ1) is 28.3. The maximum absolute atomic E-state index is 4.03. The fourth-order valence-electron chi connectivity index (χ4n) is 6.09. The van der Waals surface area contributed by atoms with E-state index in [-0.39, 0.29) is 0 Å². The first-order valence-electron chi connectivity index (χ1n) is 20.5. The highest BCUT2D eigenvalue weighted by atomic mass is 15.1. The molecule has 2 nitrogen and oxygen atoms in total. The summed E-state index contributed by atoms with van der Waals surface area (Å²) < 4.78 is 0. The highest BCUT2D eigenvalue weighted by molar-refractivity contribution is 5.77. The normalized spacial score (nSPS) is 14.1. The third-order valence-electron chi connectivity index (χ3n) is 9.37. The minimum atomic E-state index is 0.313. The van der Waals surface area contributed by atoms with E-state index >= 15 is 0 Å². The van der Waals surface area contributed by atoms with Crippen LogP contribution in [0.5, 0.6) is 0 Å². The lowest BCUT2D eigenvalue weighted by Crippen LogP contribution is -2.20. The Kier molecular flexibility index (Phi) is 21.0. The lowest BCUT2D eigenvalue weighted by molar-refractivity contribution is 0.776. The minimum Gasteiger partial charge on any atom is -0.362 e. The van der Waals surface area contributed by atoms with Crippen LogP contribution in [0, 0.1) is 5.92 Å². The van der Waals surface area contributed by atoms with E-state index in [2.05, 4.69) is 229 Å². The highest BCUT2D eigenvalue weighted by Gasteiger charge is 2.14. The average Bonchev–Trinajstić information content (AvgIpc) is 3.25. The SMILES string of the molecule is C=C/C=C(\C=C/CC)N(C(/C=C\C)=C/C=C/c1ccc(C(/C=C\C(C=C)CC)=C/C=C/Nc2ccc(/C(C=C)=C/CC)cc2)cc1)c1ccc(/C(C)=C/C=C\C)cc1. The van der Waals surface area contributed by atoms with Crippen molar-refractivity contribution >= 4 is 34.2 Å². The van der Waals surface area contributed by atoms with Crippen molar-refractivity contribution in [3.05, 3.63) is 242 Å². The van der Waals surface area contributed by atoms with Gasteiger partial charge in [0.05, 0.1) is 0 Å². The van der Waals surface area contributed by atoms with Crippen molar-refractivity contribution in [1.82, 2.24) is 0 Å². The molecule has 0 saturated heterocycles. The zero-order chi connectivity index (χ0) is 42.0. The van der Waals surface area contributed by atoms with Crippen molar-refractivity contribution < 1.29 is 0 Å². The molecule has 0 aliphatic heterocycles. The Morgan fingerprint density at radius 2 is 1.34 bits per heavy atom. The largest absolute Gasteiger partial charge is 0.362 e. The van der Waals surface area contributed by atoms with Gasteiger partial charge in [-0.05, 0) is 140 Å². The predicted molar refractivity (Wildman–Crippen MR) is 262 cm³/mol. The Morgan fingerprint density at radius 3 is 1.95 bits per heavy atom. The van der Waals surface area contributed by atoms with Gasteiger partial charge in [0.15, 0.2) is 0 Å². The van der Waals surface area contributed by atoms with E-state index in [1.165, 1.54) is 16.7 Å². The molecular weight excluding hydrogens is 701 g/mol. The van der Waals surface area contributed by atoms with E-state index in [9.17, 15) is 0 Å². The molecule has 1 N–H and O–H groups in total. The quantitative estimate of drug-likeness (QED) is 0.0810. The Morgan fingerprint density at radius 1 is 0.672 bits per heavy atom. The van der Waals surface area contributed by atoms with Crippen LogP contribution < -0.4 is 10.2 Å². The second-order valence-electron chi connectivity index (χ2n) is 13.6. The van der Waals surface area contributed by atoms with Crippen molar-refractivity contribution in [1.29, 1.82) is 0 Å². The molecule has 0 saturated carbocycles. The van der Waals surface area contributed by atoms with Crippen molar-refractivity contribution in [3.63, 3.8) is 0 Å². The van der Waals surface area contributed by atoms with Crippen molar-refractivity contribution in [2.45, 2.75) is 60.8 Å². The molecule has 1 unspecified atom stereocenters. The maximum Gasteiger partial charge on any atom is 0.0462 e. The molecule has 0 aliphatic carbocycles. The fraction of sp³-hybridized carbons (Fsp3) is 0.179. The first-order valence-corrected chi connectivity index (χ1v) is 20.5. The Hall–Kier alpha value is -6.38. The fourth-order valence-corrected chi connectivity index (χ4v) is 6.09. The number of anilines is 2. The van der Waals surface area contributed by atoms with Crippen LogP contribution in [0.4, 0.5) is 11.4 Å². The first kappa shape index (κ1) is 46.0. The van der Waals surface area contributed by atoms with Gasteiger partial charge in [-0.1, -0.05) is 168 Å². The molecule has 58 heavy (non-hydrogen) atoms. The van der Waals surface area contributed by atoms with Gasteiger partial charge in [0.25, 0.3) is 0 Å². The number of hydrogen-bond acceptors (Lipinski definition) is 2. The molecule has 0 radical (unpaired) electrons. The zero-order valence-electron chi connectivity index (χ0n) is 35.7. The number of allylic oxidation sites excluding steroid dienone is 21. The molecule has 0 amide bonds. The predicted octanol–water partition coefficient (Wildman–Crippen LogP) is 16.4. The molecule has 2 heteroatoms. The molecule has 3 aromatic carbocycles. The van der Waals surface area contributed by atoms with Crippen molar-refractivity contribution in [2.75, 3.05) is 10.2 Å². The molecule has 1 atom stereocenters. The van der Waals surface area contributed by atoms with Gasteiger partial charge in [-0.25, -0.2) is 0 Å². The molecule has 0 spiro atoms. The van der Waals surface area contributed by atoms with Crippen LogP contribution in [-0.2, 0) is 0 Å². The van der Waals surface area contributed by atoms with Crippen LogP contribution in [0.25, 0.3) is 22.8 Å². The second kappa shape index (κ2) is 26.5. The van der Waals surface area contributed by atoms with Gasteiger partial charge in [-0.2, -0.15) is 0 Å². The van der Waals surface area contributed by atoms with Crippen LogP contribution in [0.2, 0.25) is 0 Å². The van der Waals surface area contributed by atoms with Gasteiger partial charge in [0, 0.05) is 29.0 Å². The van der Waals surface area contributed by atoms with E-state index in [4.69, 9.17) is 0 Å². The maximum atomic E-state index is 4.03. The molecule has 0 fully saturated rings. The summed E-state index contributed by atoms with van der Waals surface area (Å²) in [4.78, 5) is 2.27. The average molecular weight is 765 g/mol. The van der Waals surface area contributed by atoms with Gasteiger partial charge >= 0.3 is 0 Å².